The number of hydrogen-bond donors (Lipinski definition) is 1. The van der Waals surface area contributed by atoms with Crippen LogP contribution in [-0.2, 0) is 13.1 Å². The van der Waals surface area contributed by atoms with E-state index in [1.165, 1.54) is 21.8 Å². The Morgan fingerprint density at radius 3 is 2.48 bits per heavy atom. The first-order valence-electron chi connectivity index (χ1n) is 11.0. The van der Waals surface area contributed by atoms with Crippen molar-refractivity contribution in [1.82, 2.24) is 19.0 Å². The maximum atomic E-state index is 11.0. The first-order valence-corrected chi connectivity index (χ1v) is 11.0. The molecule has 0 radical (unpaired) electrons. The van der Waals surface area contributed by atoms with Gasteiger partial charge in [-0.1, -0.05) is 18.2 Å². The normalized spacial score (nSPS) is 11.8. The maximum Gasteiger partial charge on any atom is 0.511 e. The second kappa shape index (κ2) is 8.26. The van der Waals surface area contributed by atoms with Crippen LogP contribution in [0.2, 0.25) is 0 Å². The van der Waals surface area contributed by atoms with Crippen molar-refractivity contribution in [2.75, 3.05) is 20.6 Å². The molecule has 1 N–H and O–H groups in total. The van der Waals surface area contributed by atoms with E-state index in [2.05, 4.69) is 63.4 Å². The van der Waals surface area contributed by atoms with Gasteiger partial charge in [0.2, 0.25) is 0 Å². The van der Waals surface area contributed by atoms with Crippen LogP contribution in [0.3, 0.4) is 0 Å². The molecule has 2 heterocycles. The number of fused-ring (bicyclic) bond motifs is 4. The molecule has 7 heteroatoms. The summed E-state index contributed by atoms with van der Waals surface area (Å²) in [5.41, 5.74) is 5.11. The topological polar surface area (TPSA) is 72.5 Å². The number of likely N-dealkylation sites (N-methyl/N-ethyl adjacent to an activating group) is 1. The van der Waals surface area contributed by atoms with E-state index in [4.69, 9.17) is 14.8 Å². The third-order valence-corrected chi connectivity index (χ3v) is 6.04. The van der Waals surface area contributed by atoms with Gasteiger partial charge in [-0.15, -0.1) is 0 Å². The smallest absolute Gasteiger partial charge is 0.449 e. The summed E-state index contributed by atoms with van der Waals surface area (Å²) in [4.78, 5) is 18.0. The molecule has 0 aliphatic rings. The van der Waals surface area contributed by atoms with Gasteiger partial charge in [0.05, 0.1) is 11.0 Å². The zero-order valence-corrected chi connectivity index (χ0v) is 18.9. The van der Waals surface area contributed by atoms with Crippen molar-refractivity contribution >= 4 is 39.0 Å². The Bertz CT molecular complexity index is 1500. The van der Waals surface area contributed by atoms with Crippen molar-refractivity contribution < 1.29 is 14.6 Å². The molecule has 2 aromatic heterocycles. The molecule has 0 spiro atoms. The molecular weight excluding hydrogens is 416 g/mol. The summed E-state index contributed by atoms with van der Waals surface area (Å²) in [5.74, 6) is 1.12. The average Bonchev–Trinajstić information content (AvgIpc) is 3.31. The lowest BCUT2D eigenvalue weighted by Crippen LogP contribution is -2.18. The summed E-state index contributed by atoms with van der Waals surface area (Å²) in [6.45, 7) is 4.67. The number of benzene rings is 3. The Morgan fingerprint density at radius 2 is 1.73 bits per heavy atom. The zero-order valence-electron chi connectivity index (χ0n) is 18.9. The lowest BCUT2D eigenvalue weighted by atomic mass is 10.1. The van der Waals surface area contributed by atoms with E-state index in [1.54, 1.807) is 12.1 Å². The van der Waals surface area contributed by atoms with Gasteiger partial charge in [0.15, 0.2) is 0 Å². The maximum absolute atomic E-state index is 11.0. The van der Waals surface area contributed by atoms with Gasteiger partial charge in [-0.2, -0.15) is 0 Å². The molecule has 0 aliphatic carbocycles. The van der Waals surface area contributed by atoms with Gasteiger partial charge < -0.3 is 23.9 Å². The van der Waals surface area contributed by atoms with E-state index in [-0.39, 0.29) is 5.75 Å². The van der Waals surface area contributed by atoms with Crippen molar-refractivity contribution in [2.45, 2.75) is 20.0 Å². The third-order valence-electron chi connectivity index (χ3n) is 6.04. The third kappa shape index (κ3) is 3.70. The monoisotopic (exact) mass is 442 g/mol. The van der Waals surface area contributed by atoms with E-state index < -0.39 is 6.16 Å². The first-order chi connectivity index (χ1) is 16.0. The molecular formula is C26H26N4O3. The molecule has 5 rings (SSSR count). The van der Waals surface area contributed by atoms with Gasteiger partial charge in [0.1, 0.15) is 11.6 Å². The van der Waals surface area contributed by atoms with Crippen molar-refractivity contribution in [3.63, 3.8) is 0 Å². The molecule has 0 amide bonds. The number of ether oxygens (including phenoxy) is 1. The highest BCUT2D eigenvalue weighted by Gasteiger charge is 2.17. The number of aryl methyl sites for hydroxylation is 1. The van der Waals surface area contributed by atoms with E-state index in [1.807, 2.05) is 20.2 Å². The fraction of sp³-hybridized carbons (Fsp3) is 0.231. The molecule has 0 fully saturated rings. The van der Waals surface area contributed by atoms with Crippen LogP contribution in [0, 0.1) is 0 Å². The zero-order chi connectivity index (χ0) is 23.1. The quantitative estimate of drug-likeness (QED) is 0.280. The number of rotatable bonds is 6. The standard InChI is InChI=1S/C26H26N4O3/c1-4-29-22-8-6-5-7-19(22)20-15-17(9-11-23(20)29)25-27-21-16-18(33-26(31)32)10-12-24(21)30(25)14-13-28(2)3/h5-12,15-16H,4,13-14H2,1-3H3,(H,31,32). The van der Waals surface area contributed by atoms with Gasteiger partial charge in [-0.3, -0.25) is 0 Å². The van der Waals surface area contributed by atoms with Crippen molar-refractivity contribution in [3.8, 4) is 17.1 Å². The molecule has 0 bridgehead atoms. The van der Waals surface area contributed by atoms with Crippen LogP contribution >= 0.6 is 0 Å². The Morgan fingerprint density at radius 1 is 0.970 bits per heavy atom. The molecule has 7 nitrogen and oxygen atoms in total. The van der Waals surface area contributed by atoms with E-state index in [9.17, 15) is 4.79 Å². The average molecular weight is 443 g/mol. The number of aromatic nitrogens is 3. The van der Waals surface area contributed by atoms with Crippen LogP contribution in [0.4, 0.5) is 4.79 Å². The van der Waals surface area contributed by atoms with Crippen LogP contribution in [0.1, 0.15) is 6.92 Å². The number of hydrogen-bond acceptors (Lipinski definition) is 4. The van der Waals surface area contributed by atoms with Gasteiger partial charge in [0, 0.05) is 53.1 Å². The second-order valence-electron chi connectivity index (χ2n) is 8.40. The molecule has 0 saturated heterocycles. The summed E-state index contributed by atoms with van der Waals surface area (Å²) in [6.07, 6.45) is -1.33. The number of nitrogens with zero attached hydrogens (tertiary/aromatic N) is 4. The van der Waals surface area contributed by atoms with E-state index >= 15 is 0 Å². The summed E-state index contributed by atoms with van der Waals surface area (Å²) < 4.78 is 9.38. The second-order valence-corrected chi connectivity index (χ2v) is 8.40. The van der Waals surface area contributed by atoms with Crippen LogP contribution < -0.4 is 4.74 Å². The summed E-state index contributed by atoms with van der Waals surface area (Å²) in [5, 5.41) is 11.4. The van der Waals surface area contributed by atoms with Gasteiger partial charge in [-0.05, 0) is 57.4 Å². The highest BCUT2D eigenvalue weighted by atomic mass is 16.7. The summed E-state index contributed by atoms with van der Waals surface area (Å²) in [6, 6.07) is 20.2. The molecule has 33 heavy (non-hydrogen) atoms. The highest BCUT2D eigenvalue weighted by molar-refractivity contribution is 6.09. The fourth-order valence-electron chi connectivity index (χ4n) is 4.55. The lowest BCUT2D eigenvalue weighted by Gasteiger charge is -2.14. The van der Waals surface area contributed by atoms with Gasteiger partial charge in [0.25, 0.3) is 0 Å². The molecule has 5 aromatic rings. The summed E-state index contributed by atoms with van der Waals surface area (Å²) in [7, 11) is 4.09. The van der Waals surface area contributed by atoms with Crippen molar-refractivity contribution in [1.29, 1.82) is 0 Å². The first kappa shape index (κ1) is 21.0. The van der Waals surface area contributed by atoms with Gasteiger partial charge in [-0.25, -0.2) is 9.78 Å². The minimum Gasteiger partial charge on any atom is -0.449 e. The van der Waals surface area contributed by atoms with Crippen LogP contribution in [-0.4, -0.2) is 50.9 Å². The van der Waals surface area contributed by atoms with E-state index in [0.717, 1.165) is 36.5 Å². The number of carbonyl (C=O) groups is 1. The fourth-order valence-corrected chi connectivity index (χ4v) is 4.55. The Balaban J connectivity index is 1.71. The molecule has 0 saturated carbocycles. The molecule has 0 unspecified atom stereocenters. The predicted molar refractivity (Wildman–Crippen MR) is 131 cm³/mol. The van der Waals surface area contributed by atoms with E-state index in [0.29, 0.717) is 5.52 Å². The predicted octanol–water partition coefficient (Wildman–Crippen LogP) is 5.45. The Kier molecular flexibility index (Phi) is 5.26. The molecule has 3 aromatic carbocycles. The van der Waals surface area contributed by atoms with Crippen molar-refractivity contribution in [3.05, 3.63) is 60.7 Å². The van der Waals surface area contributed by atoms with Crippen LogP contribution in [0.25, 0.3) is 44.2 Å². The summed E-state index contributed by atoms with van der Waals surface area (Å²) >= 11 is 0. The molecule has 168 valence electrons. The number of carboxylic acid groups (broad SMARTS) is 1. The van der Waals surface area contributed by atoms with Crippen LogP contribution in [0.5, 0.6) is 5.75 Å². The van der Waals surface area contributed by atoms with Crippen LogP contribution in [0.15, 0.2) is 60.7 Å². The lowest BCUT2D eigenvalue weighted by molar-refractivity contribution is 0.144. The largest absolute Gasteiger partial charge is 0.511 e. The molecule has 0 atom stereocenters. The van der Waals surface area contributed by atoms with Gasteiger partial charge >= 0.3 is 6.16 Å². The Labute approximate surface area is 191 Å². The SMILES string of the molecule is CCn1c2ccccc2c2cc(-c3nc4cc(OC(=O)O)ccc4n3CCN(C)C)ccc21. The Hall–Kier alpha value is -3.84. The number of imidazole rings is 1. The number of para-hydroxylation sites is 1. The molecule has 0 aliphatic heterocycles. The minimum absolute atomic E-state index is 0.264. The minimum atomic E-state index is -1.33. The van der Waals surface area contributed by atoms with Crippen molar-refractivity contribution in [2.24, 2.45) is 0 Å². The highest BCUT2D eigenvalue weighted by Crippen LogP contribution is 2.34.